The third-order valence-corrected chi connectivity index (χ3v) is 5.69. The lowest BCUT2D eigenvalue weighted by Gasteiger charge is -2.22. The van der Waals surface area contributed by atoms with Crippen LogP contribution in [-0.4, -0.2) is 39.7 Å². The molecule has 0 radical (unpaired) electrons. The summed E-state index contributed by atoms with van der Waals surface area (Å²) < 4.78 is 4.03. The number of hydrogen-bond acceptors (Lipinski definition) is 6. The Bertz CT molecular complexity index is 1030. The molecule has 0 saturated carbocycles. The second-order valence-electron chi connectivity index (χ2n) is 6.53. The molecule has 0 fully saturated rings. The molecule has 0 amide bonds. The van der Waals surface area contributed by atoms with Crippen LogP contribution in [0.3, 0.4) is 0 Å². The summed E-state index contributed by atoms with van der Waals surface area (Å²) in [6, 6.07) is 4.20. The van der Waals surface area contributed by atoms with Crippen molar-refractivity contribution in [3.8, 4) is 11.4 Å². The summed E-state index contributed by atoms with van der Waals surface area (Å²) in [6.07, 6.45) is 5.34. The van der Waals surface area contributed by atoms with Crippen LogP contribution in [0.1, 0.15) is 34.6 Å². The number of aryl methyl sites for hydroxylation is 2. The lowest BCUT2D eigenvalue weighted by Crippen LogP contribution is -2.23. The van der Waals surface area contributed by atoms with Crippen molar-refractivity contribution < 1.29 is 0 Å². The standard InChI is InChI=1S/C17H18N8S/c1-11-14(7-19-22-11)16-21-17(25(23-16)9-13-3-2-6-26-13)12-4-5-15-18-10-20-24(15)8-12/h2-3,6-7,10,12H,4-5,8-9H2,1H3,(H,19,22). The summed E-state index contributed by atoms with van der Waals surface area (Å²) in [5.41, 5.74) is 1.93. The molecular weight excluding hydrogens is 348 g/mol. The van der Waals surface area contributed by atoms with E-state index in [-0.39, 0.29) is 5.92 Å². The highest BCUT2D eigenvalue weighted by Gasteiger charge is 2.27. The summed E-state index contributed by atoms with van der Waals surface area (Å²) in [4.78, 5) is 10.5. The van der Waals surface area contributed by atoms with E-state index in [4.69, 9.17) is 10.1 Å². The maximum absolute atomic E-state index is 4.91. The van der Waals surface area contributed by atoms with Gasteiger partial charge in [0.1, 0.15) is 18.0 Å². The second-order valence-corrected chi connectivity index (χ2v) is 7.57. The lowest BCUT2D eigenvalue weighted by molar-refractivity contribution is 0.396. The number of fused-ring (bicyclic) bond motifs is 1. The molecule has 1 unspecified atom stereocenters. The van der Waals surface area contributed by atoms with Crippen molar-refractivity contribution in [3.05, 3.63) is 52.3 Å². The molecule has 0 saturated heterocycles. The predicted molar refractivity (Wildman–Crippen MR) is 96.8 cm³/mol. The molecule has 5 heterocycles. The molecule has 0 bridgehead atoms. The Morgan fingerprint density at radius 3 is 3.15 bits per heavy atom. The SMILES string of the molecule is Cc1[nH]ncc1-c1nc(C2CCc3ncnn3C2)n(Cc2cccs2)n1. The number of thiophene rings is 1. The van der Waals surface area contributed by atoms with Gasteiger partial charge >= 0.3 is 0 Å². The molecule has 0 spiro atoms. The van der Waals surface area contributed by atoms with Crippen LogP contribution in [0.4, 0.5) is 0 Å². The number of aromatic amines is 1. The van der Waals surface area contributed by atoms with Gasteiger partial charge in [0.15, 0.2) is 5.82 Å². The molecular formula is C17H18N8S. The highest BCUT2D eigenvalue weighted by molar-refractivity contribution is 7.09. The van der Waals surface area contributed by atoms with Crippen molar-refractivity contribution in [1.82, 2.24) is 39.7 Å². The smallest absolute Gasteiger partial charge is 0.184 e. The van der Waals surface area contributed by atoms with Crippen molar-refractivity contribution in [1.29, 1.82) is 0 Å². The highest BCUT2D eigenvalue weighted by atomic mass is 32.1. The Labute approximate surface area is 153 Å². The predicted octanol–water partition coefficient (Wildman–Crippen LogP) is 2.41. The molecule has 1 atom stereocenters. The van der Waals surface area contributed by atoms with Crippen LogP contribution in [0.2, 0.25) is 0 Å². The van der Waals surface area contributed by atoms with Crippen molar-refractivity contribution in [2.75, 3.05) is 0 Å². The molecule has 132 valence electrons. The molecule has 9 heteroatoms. The number of nitrogens with zero attached hydrogens (tertiary/aromatic N) is 7. The molecule has 0 aromatic carbocycles. The first-order valence-electron chi connectivity index (χ1n) is 8.62. The molecule has 8 nitrogen and oxygen atoms in total. The summed E-state index contributed by atoms with van der Waals surface area (Å²) >= 11 is 1.74. The normalized spacial score (nSPS) is 16.7. The first kappa shape index (κ1) is 15.4. The number of hydrogen-bond donors (Lipinski definition) is 1. The fourth-order valence-corrected chi connectivity index (χ4v) is 4.15. The van der Waals surface area contributed by atoms with E-state index < -0.39 is 0 Å². The zero-order valence-electron chi connectivity index (χ0n) is 14.3. The molecule has 1 N–H and O–H groups in total. The van der Waals surface area contributed by atoms with Crippen LogP contribution in [0, 0.1) is 6.92 Å². The number of nitrogens with one attached hydrogen (secondary N) is 1. The third-order valence-electron chi connectivity index (χ3n) is 4.83. The Morgan fingerprint density at radius 1 is 1.38 bits per heavy atom. The van der Waals surface area contributed by atoms with E-state index in [2.05, 4.69) is 37.8 Å². The van der Waals surface area contributed by atoms with Gasteiger partial charge in [0, 0.05) is 22.9 Å². The molecule has 4 aromatic heterocycles. The van der Waals surface area contributed by atoms with Crippen molar-refractivity contribution in [3.63, 3.8) is 0 Å². The minimum absolute atomic E-state index is 0.276. The molecule has 4 aromatic rings. The number of H-pyrrole nitrogens is 1. The average molecular weight is 366 g/mol. The van der Waals surface area contributed by atoms with Crippen LogP contribution >= 0.6 is 11.3 Å². The zero-order valence-corrected chi connectivity index (χ0v) is 15.1. The Hall–Kier alpha value is -2.81. The van der Waals surface area contributed by atoms with Gasteiger partial charge in [-0.25, -0.2) is 19.3 Å². The van der Waals surface area contributed by atoms with Crippen LogP contribution < -0.4 is 0 Å². The molecule has 5 rings (SSSR count). The topological polar surface area (TPSA) is 90.1 Å². The van der Waals surface area contributed by atoms with Gasteiger partial charge in [-0.1, -0.05) is 6.07 Å². The summed E-state index contributed by atoms with van der Waals surface area (Å²) in [6.45, 7) is 3.52. The van der Waals surface area contributed by atoms with Crippen LogP contribution in [0.5, 0.6) is 0 Å². The van der Waals surface area contributed by atoms with Crippen molar-refractivity contribution in [2.24, 2.45) is 0 Å². The molecule has 1 aliphatic rings. The monoisotopic (exact) mass is 366 g/mol. The Balaban J connectivity index is 1.54. The minimum Gasteiger partial charge on any atom is -0.282 e. The second kappa shape index (κ2) is 6.17. The van der Waals surface area contributed by atoms with Gasteiger partial charge in [-0.3, -0.25) is 5.10 Å². The first-order chi connectivity index (χ1) is 12.8. The summed E-state index contributed by atoms with van der Waals surface area (Å²) in [7, 11) is 0. The first-order valence-corrected chi connectivity index (χ1v) is 9.50. The molecule has 26 heavy (non-hydrogen) atoms. The molecule has 1 aliphatic heterocycles. The van der Waals surface area contributed by atoms with Gasteiger partial charge in [-0.05, 0) is 24.8 Å². The fourth-order valence-electron chi connectivity index (χ4n) is 3.46. The van der Waals surface area contributed by atoms with Crippen molar-refractivity contribution in [2.45, 2.75) is 38.8 Å². The van der Waals surface area contributed by atoms with Gasteiger partial charge in [0.05, 0.1) is 24.8 Å². The van der Waals surface area contributed by atoms with Gasteiger partial charge in [-0.2, -0.15) is 15.3 Å². The van der Waals surface area contributed by atoms with Gasteiger partial charge in [-0.15, -0.1) is 11.3 Å². The maximum atomic E-state index is 4.91. The summed E-state index contributed by atoms with van der Waals surface area (Å²) in [5, 5.41) is 18.3. The number of aromatic nitrogens is 8. The van der Waals surface area contributed by atoms with Crippen LogP contribution in [0.25, 0.3) is 11.4 Å². The fraction of sp³-hybridized carbons (Fsp3) is 0.353. The Kier molecular flexibility index (Phi) is 3.66. The Morgan fingerprint density at radius 2 is 2.35 bits per heavy atom. The quantitative estimate of drug-likeness (QED) is 0.599. The van der Waals surface area contributed by atoms with E-state index in [1.165, 1.54) is 4.88 Å². The minimum atomic E-state index is 0.276. The van der Waals surface area contributed by atoms with E-state index in [0.29, 0.717) is 0 Å². The van der Waals surface area contributed by atoms with Crippen LogP contribution in [0.15, 0.2) is 30.0 Å². The van der Waals surface area contributed by atoms with Crippen LogP contribution in [-0.2, 0) is 19.5 Å². The van der Waals surface area contributed by atoms with E-state index in [1.807, 2.05) is 16.3 Å². The van der Waals surface area contributed by atoms with E-state index in [1.54, 1.807) is 23.9 Å². The lowest BCUT2D eigenvalue weighted by atomic mass is 9.99. The zero-order chi connectivity index (χ0) is 17.5. The van der Waals surface area contributed by atoms with Gasteiger partial charge in [0.25, 0.3) is 0 Å². The van der Waals surface area contributed by atoms with Gasteiger partial charge < -0.3 is 0 Å². The van der Waals surface area contributed by atoms with Gasteiger partial charge in [0.2, 0.25) is 0 Å². The highest BCUT2D eigenvalue weighted by Crippen LogP contribution is 2.29. The number of rotatable bonds is 4. The molecule has 0 aliphatic carbocycles. The van der Waals surface area contributed by atoms with E-state index in [9.17, 15) is 0 Å². The van der Waals surface area contributed by atoms with E-state index >= 15 is 0 Å². The maximum Gasteiger partial charge on any atom is 0.184 e. The summed E-state index contributed by atoms with van der Waals surface area (Å²) in [5.74, 6) is 3.07. The largest absolute Gasteiger partial charge is 0.282 e. The third kappa shape index (κ3) is 2.64. The van der Waals surface area contributed by atoms with E-state index in [0.717, 1.165) is 54.7 Å². The average Bonchev–Trinajstić information content (AvgIpc) is 3.41. The van der Waals surface area contributed by atoms with Crippen molar-refractivity contribution >= 4 is 11.3 Å².